The predicted octanol–water partition coefficient (Wildman–Crippen LogP) is 1.44. The molecule has 0 saturated carbocycles. The number of benzene rings is 1. The molecule has 5 heteroatoms. The Kier molecular flexibility index (Phi) is 4.49. The molecule has 1 aliphatic heterocycles. The smallest absolute Gasteiger partial charge is 0.257 e. The van der Waals surface area contributed by atoms with E-state index in [0.717, 1.165) is 19.5 Å². The summed E-state index contributed by atoms with van der Waals surface area (Å²) in [6.07, 6.45) is 1.00. The van der Waals surface area contributed by atoms with Gasteiger partial charge in [0.15, 0.2) is 5.75 Å². The SMILES string of the molecule is CCOc1c(N)cccc1C(=O)N1CCC(N(C)C)C1. The molecule has 1 aromatic carbocycles. The number of nitrogen functional groups attached to an aromatic ring is 1. The lowest BCUT2D eigenvalue weighted by atomic mass is 10.1. The summed E-state index contributed by atoms with van der Waals surface area (Å²) < 4.78 is 5.54. The minimum atomic E-state index is 0.00472. The molecule has 2 N–H and O–H groups in total. The second-order valence-corrected chi connectivity index (χ2v) is 5.31. The van der Waals surface area contributed by atoms with Crippen LogP contribution in [0.3, 0.4) is 0 Å². The first-order valence-electron chi connectivity index (χ1n) is 7.01. The Morgan fingerprint density at radius 1 is 1.50 bits per heavy atom. The molecule has 1 atom stereocenters. The van der Waals surface area contributed by atoms with Crippen molar-refractivity contribution in [3.63, 3.8) is 0 Å². The van der Waals surface area contributed by atoms with Crippen molar-refractivity contribution >= 4 is 11.6 Å². The molecule has 0 radical (unpaired) electrons. The lowest BCUT2D eigenvalue weighted by molar-refractivity contribution is 0.0779. The summed E-state index contributed by atoms with van der Waals surface area (Å²) in [7, 11) is 4.09. The fourth-order valence-corrected chi connectivity index (χ4v) is 2.55. The number of likely N-dealkylation sites (N-methyl/N-ethyl adjacent to an activating group) is 1. The van der Waals surface area contributed by atoms with Crippen molar-refractivity contribution in [2.75, 3.05) is 39.5 Å². The van der Waals surface area contributed by atoms with Crippen molar-refractivity contribution in [1.29, 1.82) is 0 Å². The molecule has 0 bridgehead atoms. The average molecular weight is 277 g/mol. The van der Waals surface area contributed by atoms with Crippen LogP contribution in [0.5, 0.6) is 5.75 Å². The van der Waals surface area contributed by atoms with E-state index in [1.165, 1.54) is 0 Å². The Bertz CT molecular complexity index is 488. The van der Waals surface area contributed by atoms with Crippen LogP contribution in [0.15, 0.2) is 18.2 Å². The zero-order chi connectivity index (χ0) is 14.7. The molecule has 1 saturated heterocycles. The lowest BCUT2D eigenvalue weighted by Gasteiger charge is -2.21. The molecule has 110 valence electrons. The molecule has 20 heavy (non-hydrogen) atoms. The highest BCUT2D eigenvalue weighted by Gasteiger charge is 2.29. The van der Waals surface area contributed by atoms with E-state index in [0.29, 0.717) is 29.6 Å². The number of likely N-dealkylation sites (tertiary alicyclic amines) is 1. The van der Waals surface area contributed by atoms with Crippen LogP contribution in [0.2, 0.25) is 0 Å². The van der Waals surface area contributed by atoms with Crippen LogP contribution in [0.1, 0.15) is 23.7 Å². The molecule has 1 aliphatic rings. The Morgan fingerprint density at radius 3 is 2.85 bits per heavy atom. The summed E-state index contributed by atoms with van der Waals surface area (Å²) in [5.74, 6) is 0.512. The lowest BCUT2D eigenvalue weighted by Crippen LogP contribution is -2.34. The Balaban J connectivity index is 2.20. The number of nitrogens with two attached hydrogens (primary N) is 1. The fraction of sp³-hybridized carbons (Fsp3) is 0.533. The molecule has 1 amide bonds. The number of nitrogens with zero attached hydrogens (tertiary/aromatic N) is 2. The highest BCUT2D eigenvalue weighted by molar-refractivity contribution is 5.98. The number of hydrogen-bond acceptors (Lipinski definition) is 4. The minimum absolute atomic E-state index is 0.00472. The van der Waals surface area contributed by atoms with E-state index < -0.39 is 0 Å². The predicted molar refractivity (Wildman–Crippen MR) is 80.0 cm³/mol. The Morgan fingerprint density at radius 2 is 2.25 bits per heavy atom. The molecule has 1 unspecified atom stereocenters. The van der Waals surface area contributed by atoms with E-state index in [4.69, 9.17) is 10.5 Å². The molecule has 1 heterocycles. The van der Waals surface area contributed by atoms with Gasteiger partial charge in [-0.25, -0.2) is 0 Å². The van der Waals surface area contributed by atoms with Gasteiger partial charge in [0.1, 0.15) is 0 Å². The van der Waals surface area contributed by atoms with Crippen LogP contribution in [0.25, 0.3) is 0 Å². The summed E-state index contributed by atoms with van der Waals surface area (Å²) in [5, 5.41) is 0. The number of hydrogen-bond donors (Lipinski definition) is 1. The summed E-state index contributed by atoms with van der Waals surface area (Å²) in [5.41, 5.74) is 6.99. The largest absolute Gasteiger partial charge is 0.491 e. The molecule has 2 rings (SSSR count). The molecular formula is C15H23N3O2. The van der Waals surface area contributed by atoms with Gasteiger partial charge in [-0.3, -0.25) is 4.79 Å². The number of ether oxygens (including phenoxy) is 1. The van der Waals surface area contributed by atoms with Crippen molar-refractivity contribution < 1.29 is 9.53 Å². The van der Waals surface area contributed by atoms with Gasteiger partial charge in [-0.05, 0) is 39.6 Å². The van der Waals surface area contributed by atoms with Crippen LogP contribution < -0.4 is 10.5 Å². The van der Waals surface area contributed by atoms with Gasteiger partial charge in [-0.1, -0.05) is 6.07 Å². The molecular weight excluding hydrogens is 254 g/mol. The van der Waals surface area contributed by atoms with Gasteiger partial charge < -0.3 is 20.3 Å². The number of anilines is 1. The van der Waals surface area contributed by atoms with Gasteiger partial charge in [0.25, 0.3) is 5.91 Å². The van der Waals surface area contributed by atoms with Crippen LogP contribution in [0.4, 0.5) is 5.69 Å². The molecule has 0 aliphatic carbocycles. The van der Waals surface area contributed by atoms with E-state index in [9.17, 15) is 4.79 Å². The van der Waals surface area contributed by atoms with Crippen LogP contribution >= 0.6 is 0 Å². The van der Waals surface area contributed by atoms with E-state index >= 15 is 0 Å². The van der Waals surface area contributed by atoms with Crippen LogP contribution in [-0.2, 0) is 0 Å². The van der Waals surface area contributed by atoms with E-state index in [1.807, 2.05) is 25.9 Å². The summed E-state index contributed by atoms with van der Waals surface area (Å²) in [4.78, 5) is 16.7. The normalized spacial score (nSPS) is 18.6. The molecule has 1 fully saturated rings. The van der Waals surface area contributed by atoms with Gasteiger partial charge in [0.05, 0.1) is 17.9 Å². The maximum atomic E-state index is 12.6. The molecule has 0 spiro atoms. The van der Waals surface area contributed by atoms with Gasteiger partial charge in [0.2, 0.25) is 0 Å². The third-order valence-electron chi connectivity index (χ3n) is 3.75. The maximum absolute atomic E-state index is 12.6. The molecule has 0 aromatic heterocycles. The van der Waals surface area contributed by atoms with Crippen molar-refractivity contribution in [3.05, 3.63) is 23.8 Å². The first-order valence-corrected chi connectivity index (χ1v) is 7.01. The number of para-hydroxylation sites is 1. The number of rotatable bonds is 4. The second kappa shape index (κ2) is 6.13. The monoisotopic (exact) mass is 277 g/mol. The fourth-order valence-electron chi connectivity index (χ4n) is 2.55. The highest BCUT2D eigenvalue weighted by atomic mass is 16.5. The van der Waals surface area contributed by atoms with Gasteiger partial charge >= 0.3 is 0 Å². The van der Waals surface area contributed by atoms with E-state index in [1.54, 1.807) is 18.2 Å². The van der Waals surface area contributed by atoms with E-state index in [2.05, 4.69) is 4.90 Å². The minimum Gasteiger partial charge on any atom is -0.491 e. The number of carbonyl (C=O) groups is 1. The van der Waals surface area contributed by atoms with Gasteiger partial charge in [-0.2, -0.15) is 0 Å². The third kappa shape index (κ3) is 2.88. The van der Waals surface area contributed by atoms with Crippen molar-refractivity contribution in [2.24, 2.45) is 0 Å². The first-order chi connectivity index (χ1) is 9.54. The number of amides is 1. The molecule has 5 nitrogen and oxygen atoms in total. The highest BCUT2D eigenvalue weighted by Crippen LogP contribution is 2.28. The summed E-state index contributed by atoms with van der Waals surface area (Å²) in [6, 6.07) is 5.77. The third-order valence-corrected chi connectivity index (χ3v) is 3.75. The van der Waals surface area contributed by atoms with Crippen molar-refractivity contribution in [1.82, 2.24) is 9.80 Å². The maximum Gasteiger partial charge on any atom is 0.257 e. The Hall–Kier alpha value is -1.75. The standard InChI is InChI=1S/C15H23N3O2/c1-4-20-14-12(6-5-7-13(14)16)15(19)18-9-8-11(10-18)17(2)3/h5-7,11H,4,8-10,16H2,1-3H3. The van der Waals surface area contributed by atoms with Crippen molar-refractivity contribution in [2.45, 2.75) is 19.4 Å². The number of carbonyl (C=O) groups excluding carboxylic acids is 1. The zero-order valence-electron chi connectivity index (χ0n) is 12.4. The summed E-state index contributed by atoms with van der Waals surface area (Å²) >= 11 is 0. The van der Waals surface area contributed by atoms with Gasteiger partial charge in [0, 0.05) is 19.1 Å². The average Bonchev–Trinajstić information content (AvgIpc) is 2.90. The van der Waals surface area contributed by atoms with Crippen LogP contribution in [0, 0.1) is 0 Å². The van der Waals surface area contributed by atoms with E-state index in [-0.39, 0.29) is 5.91 Å². The summed E-state index contributed by atoms with van der Waals surface area (Å²) in [6.45, 7) is 3.92. The zero-order valence-corrected chi connectivity index (χ0v) is 12.4. The topological polar surface area (TPSA) is 58.8 Å². The first kappa shape index (κ1) is 14.7. The molecule has 1 aromatic rings. The van der Waals surface area contributed by atoms with Crippen LogP contribution in [-0.4, -0.2) is 55.5 Å². The quantitative estimate of drug-likeness (QED) is 0.846. The van der Waals surface area contributed by atoms with Gasteiger partial charge in [-0.15, -0.1) is 0 Å². The second-order valence-electron chi connectivity index (χ2n) is 5.31. The van der Waals surface area contributed by atoms with Crippen molar-refractivity contribution in [3.8, 4) is 5.75 Å². The Labute approximate surface area is 120 Å².